The Morgan fingerprint density at radius 3 is 2.44 bits per heavy atom. The van der Waals surface area contributed by atoms with E-state index in [1.165, 1.54) is 12.1 Å². The number of hydrogen-bond acceptors (Lipinski definition) is 4. The fraction of sp³-hybridized carbons (Fsp3) is 0.529. The zero-order valence-electron chi connectivity index (χ0n) is 15.2. The number of unbranched alkanes of at least 4 members (excludes halogenated alkanes) is 1. The number of rotatable bonds is 8. The van der Waals surface area contributed by atoms with Gasteiger partial charge in [-0.3, -0.25) is 9.59 Å². The van der Waals surface area contributed by atoms with E-state index in [-0.39, 0.29) is 17.3 Å². The lowest BCUT2D eigenvalue weighted by atomic mass is 9.96. The van der Waals surface area contributed by atoms with Gasteiger partial charge in [-0.1, -0.05) is 40.2 Å². The van der Waals surface area contributed by atoms with E-state index in [2.05, 4.69) is 15.4 Å². The van der Waals surface area contributed by atoms with E-state index in [4.69, 9.17) is 0 Å². The molecule has 1 rings (SSSR count). The average Bonchev–Trinajstić information content (AvgIpc) is 2.52. The van der Waals surface area contributed by atoms with E-state index in [9.17, 15) is 18.0 Å². The summed E-state index contributed by atoms with van der Waals surface area (Å²) in [6.07, 6.45) is 1.64. The summed E-state index contributed by atoms with van der Waals surface area (Å²) >= 11 is 0. The summed E-state index contributed by atoms with van der Waals surface area (Å²) in [7, 11) is -3.61. The van der Waals surface area contributed by atoms with Crippen LogP contribution in [-0.4, -0.2) is 33.3 Å². The number of carbonyl (C=O) groups is 2. The van der Waals surface area contributed by atoms with Crippen molar-refractivity contribution in [3.8, 4) is 0 Å². The summed E-state index contributed by atoms with van der Waals surface area (Å²) in [5.74, 6) is -0.662. The fourth-order valence-corrected chi connectivity index (χ4v) is 2.96. The third kappa shape index (κ3) is 7.23. The Bertz CT molecular complexity index is 709. The summed E-state index contributed by atoms with van der Waals surface area (Å²) in [5, 5.41) is 5.12. The molecule has 1 aromatic carbocycles. The lowest BCUT2D eigenvalue weighted by Gasteiger charge is -2.17. The van der Waals surface area contributed by atoms with Crippen molar-refractivity contribution in [2.75, 3.05) is 18.4 Å². The van der Waals surface area contributed by atoms with Crippen LogP contribution in [0.3, 0.4) is 0 Å². The first-order valence-electron chi connectivity index (χ1n) is 8.24. The molecule has 0 saturated carbocycles. The molecule has 0 aliphatic heterocycles. The van der Waals surface area contributed by atoms with Gasteiger partial charge in [-0.05, 0) is 24.6 Å². The van der Waals surface area contributed by atoms with Crippen molar-refractivity contribution in [3.63, 3.8) is 0 Å². The summed E-state index contributed by atoms with van der Waals surface area (Å²) in [4.78, 5) is 23.8. The molecular formula is C17H27N3O4S. The molecule has 0 fully saturated rings. The van der Waals surface area contributed by atoms with Crippen LogP contribution >= 0.6 is 0 Å². The van der Waals surface area contributed by atoms with Gasteiger partial charge in [0.05, 0.1) is 11.4 Å². The molecule has 0 spiro atoms. The Hall–Kier alpha value is -1.93. The molecule has 0 aliphatic rings. The van der Waals surface area contributed by atoms with Crippen LogP contribution in [-0.2, 0) is 19.6 Å². The minimum absolute atomic E-state index is 0.0835. The van der Waals surface area contributed by atoms with Crippen molar-refractivity contribution in [2.24, 2.45) is 5.41 Å². The Morgan fingerprint density at radius 1 is 1.16 bits per heavy atom. The van der Waals surface area contributed by atoms with Crippen LogP contribution in [0, 0.1) is 5.41 Å². The van der Waals surface area contributed by atoms with Gasteiger partial charge in [0, 0.05) is 17.6 Å². The normalized spacial score (nSPS) is 11.8. The van der Waals surface area contributed by atoms with E-state index in [0.717, 1.165) is 12.8 Å². The van der Waals surface area contributed by atoms with Gasteiger partial charge in [0.15, 0.2) is 0 Å². The second-order valence-corrected chi connectivity index (χ2v) is 8.53. The summed E-state index contributed by atoms with van der Waals surface area (Å²) in [6.45, 7) is 7.42. The predicted octanol–water partition coefficient (Wildman–Crippen LogP) is 1.87. The maximum Gasteiger partial charge on any atom is 0.243 e. The SMILES string of the molecule is CCCCNS(=O)(=O)c1cccc(NC(=O)CNC(=O)C(C)(C)C)c1. The molecule has 0 atom stereocenters. The molecule has 25 heavy (non-hydrogen) atoms. The van der Waals surface area contributed by atoms with Crippen molar-refractivity contribution in [3.05, 3.63) is 24.3 Å². The maximum absolute atomic E-state index is 12.2. The summed E-state index contributed by atoms with van der Waals surface area (Å²) < 4.78 is 26.9. The second-order valence-electron chi connectivity index (χ2n) is 6.76. The molecule has 0 aromatic heterocycles. The van der Waals surface area contributed by atoms with Crippen LogP contribution in [0.2, 0.25) is 0 Å². The summed E-state index contributed by atoms with van der Waals surface area (Å²) in [5.41, 5.74) is -0.230. The van der Waals surface area contributed by atoms with Gasteiger partial charge >= 0.3 is 0 Å². The van der Waals surface area contributed by atoms with Crippen LogP contribution in [0.15, 0.2) is 29.2 Å². The Kier molecular flexibility index (Phi) is 7.57. The van der Waals surface area contributed by atoms with E-state index in [1.54, 1.807) is 32.9 Å². The minimum Gasteiger partial charge on any atom is -0.347 e. The van der Waals surface area contributed by atoms with Crippen LogP contribution < -0.4 is 15.4 Å². The number of anilines is 1. The van der Waals surface area contributed by atoms with E-state index in [1.807, 2.05) is 6.92 Å². The molecule has 7 nitrogen and oxygen atoms in total. The number of hydrogen-bond donors (Lipinski definition) is 3. The van der Waals surface area contributed by atoms with E-state index < -0.39 is 21.3 Å². The van der Waals surface area contributed by atoms with Crippen LogP contribution in [0.4, 0.5) is 5.69 Å². The molecule has 1 aromatic rings. The van der Waals surface area contributed by atoms with Crippen LogP contribution in [0.5, 0.6) is 0 Å². The Morgan fingerprint density at radius 2 is 1.84 bits per heavy atom. The third-order valence-corrected chi connectivity index (χ3v) is 4.80. The lowest BCUT2D eigenvalue weighted by molar-refractivity contribution is -0.130. The lowest BCUT2D eigenvalue weighted by Crippen LogP contribution is -2.39. The zero-order chi connectivity index (χ0) is 19.1. The standard InChI is InChI=1S/C17H27N3O4S/c1-5-6-10-19-25(23,24)14-9-7-8-13(11-14)20-15(21)12-18-16(22)17(2,3)4/h7-9,11,19H,5-6,10,12H2,1-4H3,(H,18,22)(H,20,21). The smallest absolute Gasteiger partial charge is 0.243 e. The van der Waals surface area contributed by atoms with Crippen molar-refractivity contribution in [1.29, 1.82) is 0 Å². The topological polar surface area (TPSA) is 104 Å². The van der Waals surface area contributed by atoms with Gasteiger partial charge in [0.1, 0.15) is 0 Å². The highest BCUT2D eigenvalue weighted by Gasteiger charge is 2.21. The molecule has 8 heteroatoms. The number of sulfonamides is 1. The molecule has 3 N–H and O–H groups in total. The first-order valence-corrected chi connectivity index (χ1v) is 9.72. The van der Waals surface area contributed by atoms with Gasteiger partial charge in [-0.15, -0.1) is 0 Å². The molecule has 0 radical (unpaired) electrons. The summed E-state index contributed by atoms with van der Waals surface area (Å²) in [6, 6.07) is 6.00. The number of nitrogens with one attached hydrogen (secondary N) is 3. The molecular weight excluding hydrogens is 342 g/mol. The monoisotopic (exact) mass is 369 g/mol. The first-order chi connectivity index (χ1) is 11.6. The van der Waals surface area contributed by atoms with Crippen molar-refractivity contribution < 1.29 is 18.0 Å². The van der Waals surface area contributed by atoms with Gasteiger partial charge in [-0.2, -0.15) is 0 Å². The highest BCUT2D eigenvalue weighted by atomic mass is 32.2. The molecule has 0 aliphatic carbocycles. The molecule has 0 bridgehead atoms. The largest absolute Gasteiger partial charge is 0.347 e. The predicted molar refractivity (Wildman–Crippen MR) is 97.6 cm³/mol. The third-order valence-electron chi connectivity index (χ3n) is 3.34. The average molecular weight is 369 g/mol. The molecule has 0 unspecified atom stereocenters. The van der Waals surface area contributed by atoms with Crippen molar-refractivity contribution in [1.82, 2.24) is 10.0 Å². The maximum atomic E-state index is 12.2. The number of carbonyl (C=O) groups excluding carboxylic acids is 2. The van der Waals surface area contributed by atoms with Gasteiger partial charge in [0.2, 0.25) is 21.8 Å². The van der Waals surface area contributed by atoms with E-state index in [0.29, 0.717) is 12.2 Å². The van der Waals surface area contributed by atoms with E-state index >= 15 is 0 Å². The van der Waals surface area contributed by atoms with Crippen molar-refractivity contribution in [2.45, 2.75) is 45.4 Å². The van der Waals surface area contributed by atoms with Crippen molar-refractivity contribution >= 4 is 27.5 Å². The minimum atomic E-state index is -3.61. The quantitative estimate of drug-likeness (QED) is 0.608. The highest BCUT2D eigenvalue weighted by molar-refractivity contribution is 7.89. The second kappa shape index (κ2) is 8.96. The van der Waals surface area contributed by atoms with Gasteiger partial charge in [-0.25, -0.2) is 13.1 Å². The molecule has 2 amide bonds. The highest BCUT2D eigenvalue weighted by Crippen LogP contribution is 2.15. The van der Waals surface area contributed by atoms with Gasteiger partial charge < -0.3 is 10.6 Å². The number of benzene rings is 1. The Labute approximate surface area is 149 Å². The zero-order valence-corrected chi connectivity index (χ0v) is 16.0. The molecule has 0 saturated heterocycles. The molecule has 0 heterocycles. The van der Waals surface area contributed by atoms with Crippen LogP contribution in [0.25, 0.3) is 0 Å². The molecule has 140 valence electrons. The number of amides is 2. The fourth-order valence-electron chi connectivity index (χ4n) is 1.84. The Balaban J connectivity index is 2.69. The van der Waals surface area contributed by atoms with Crippen LogP contribution in [0.1, 0.15) is 40.5 Å². The first kappa shape index (κ1) is 21.1. The van der Waals surface area contributed by atoms with Gasteiger partial charge in [0.25, 0.3) is 0 Å².